The third-order valence-corrected chi connectivity index (χ3v) is 12.5. The molecule has 0 aromatic heterocycles. The molecule has 0 saturated heterocycles. The lowest BCUT2D eigenvalue weighted by molar-refractivity contribution is -0.870. The summed E-state index contributed by atoms with van der Waals surface area (Å²) in [6.45, 7) is 4.03. The number of ether oxygens (including phenoxy) is 2. The molecule has 13 heteroatoms. The minimum atomic E-state index is -4.44. The van der Waals surface area contributed by atoms with Crippen molar-refractivity contribution in [1.29, 1.82) is 0 Å². The Hall–Kier alpha value is -2.18. The fourth-order valence-electron chi connectivity index (χ4n) is 7.60. The number of rotatable bonds is 41. The summed E-state index contributed by atoms with van der Waals surface area (Å²) in [4.78, 5) is 48.3. The van der Waals surface area contributed by atoms with E-state index < -0.39 is 44.7 Å². The number of carbonyl (C=O) groups is 3. The van der Waals surface area contributed by atoms with Gasteiger partial charge in [-0.1, -0.05) is 147 Å². The molecule has 0 aromatic rings. The van der Waals surface area contributed by atoms with Crippen LogP contribution in [-0.4, -0.2) is 103 Å². The summed E-state index contributed by atoms with van der Waals surface area (Å²) in [6, 6.07) is 0. The van der Waals surface area contributed by atoms with Crippen LogP contribution in [0.15, 0.2) is 36.5 Å². The molecule has 63 heavy (non-hydrogen) atoms. The molecule has 1 aliphatic rings. The SMILES string of the molecule is CCCCC/C=C\C/C=C\CCCCCCCCCCCC(=O)O[C@H](COC(=O)CCCCCC[C@H]1[C@@H](O)CC(=O)[C@@H]1/C=C/[C@@H](O)CCCCC)COP(=O)(O)OCC[N+](C)(C)C. The van der Waals surface area contributed by atoms with Crippen molar-refractivity contribution in [2.45, 2.75) is 206 Å². The van der Waals surface area contributed by atoms with Crippen molar-refractivity contribution in [3.63, 3.8) is 0 Å². The van der Waals surface area contributed by atoms with Gasteiger partial charge in [-0.15, -0.1) is 0 Å². The summed E-state index contributed by atoms with van der Waals surface area (Å²) in [5.41, 5.74) is 0. The van der Waals surface area contributed by atoms with Crippen molar-refractivity contribution in [2.75, 3.05) is 47.5 Å². The number of esters is 2. The minimum Gasteiger partial charge on any atom is -0.462 e. The van der Waals surface area contributed by atoms with Crippen LogP contribution in [0, 0.1) is 11.8 Å². The second kappa shape index (κ2) is 37.0. The molecule has 1 aliphatic carbocycles. The molecule has 0 heterocycles. The van der Waals surface area contributed by atoms with Crippen LogP contribution >= 0.6 is 7.82 Å². The van der Waals surface area contributed by atoms with E-state index in [1.54, 1.807) is 12.2 Å². The highest BCUT2D eigenvalue weighted by atomic mass is 31.2. The first kappa shape index (κ1) is 58.8. The molecular formula is C50H91NO11P+. The van der Waals surface area contributed by atoms with Crippen molar-refractivity contribution in [3.05, 3.63) is 36.5 Å². The van der Waals surface area contributed by atoms with E-state index in [0.29, 0.717) is 36.7 Å². The zero-order chi connectivity index (χ0) is 46.6. The van der Waals surface area contributed by atoms with Crippen LogP contribution in [0.4, 0.5) is 0 Å². The quantitative estimate of drug-likeness (QED) is 0.0176. The average molecular weight is 913 g/mol. The molecule has 0 amide bonds. The van der Waals surface area contributed by atoms with Gasteiger partial charge in [-0.05, 0) is 63.7 Å². The van der Waals surface area contributed by atoms with Gasteiger partial charge in [-0.3, -0.25) is 23.4 Å². The Bertz CT molecular complexity index is 1330. The number of quaternary nitrogens is 1. The molecule has 1 saturated carbocycles. The number of ketones is 1. The van der Waals surface area contributed by atoms with Gasteiger partial charge in [0, 0.05) is 25.2 Å². The Morgan fingerprint density at radius 1 is 0.746 bits per heavy atom. The summed E-state index contributed by atoms with van der Waals surface area (Å²) < 4.78 is 34.4. The third-order valence-electron chi connectivity index (χ3n) is 11.5. The van der Waals surface area contributed by atoms with Gasteiger partial charge in [0.2, 0.25) is 0 Å². The lowest BCUT2D eigenvalue weighted by Gasteiger charge is -2.24. The average Bonchev–Trinajstić information content (AvgIpc) is 3.50. The van der Waals surface area contributed by atoms with Crippen LogP contribution in [0.25, 0.3) is 0 Å². The van der Waals surface area contributed by atoms with Crippen molar-refractivity contribution >= 4 is 25.5 Å². The molecule has 0 spiro atoms. The zero-order valence-electron chi connectivity index (χ0n) is 40.3. The first-order valence-electron chi connectivity index (χ1n) is 24.8. The van der Waals surface area contributed by atoms with Gasteiger partial charge in [-0.2, -0.15) is 0 Å². The van der Waals surface area contributed by atoms with Crippen LogP contribution in [0.2, 0.25) is 0 Å². The largest absolute Gasteiger partial charge is 0.472 e. The number of likely N-dealkylation sites (N-methyl/N-ethyl adjacent to an activating group) is 1. The first-order chi connectivity index (χ1) is 30.2. The van der Waals surface area contributed by atoms with E-state index in [1.165, 1.54) is 57.8 Å². The van der Waals surface area contributed by atoms with Gasteiger partial charge < -0.3 is 29.1 Å². The van der Waals surface area contributed by atoms with E-state index in [0.717, 1.165) is 70.6 Å². The van der Waals surface area contributed by atoms with Gasteiger partial charge in [0.15, 0.2) is 6.10 Å². The van der Waals surface area contributed by atoms with E-state index >= 15 is 0 Å². The second-order valence-electron chi connectivity index (χ2n) is 18.6. The molecule has 366 valence electrons. The Kier molecular flexibility index (Phi) is 34.5. The van der Waals surface area contributed by atoms with Gasteiger partial charge in [0.05, 0.1) is 40.0 Å². The maximum absolute atomic E-state index is 12.8. The number of phosphoric ester groups is 1. The minimum absolute atomic E-state index is 0.00773. The molecule has 0 bridgehead atoms. The number of nitrogens with zero attached hydrogens (tertiary/aromatic N) is 1. The van der Waals surface area contributed by atoms with Gasteiger partial charge in [-0.25, -0.2) is 4.57 Å². The summed E-state index contributed by atoms with van der Waals surface area (Å²) in [6.07, 6.45) is 35.2. The molecular weight excluding hydrogens is 822 g/mol. The molecule has 1 rings (SSSR count). The molecule has 12 nitrogen and oxygen atoms in total. The van der Waals surface area contributed by atoms with Crippen molar-refractivity contribution in [1.82, 2.24) is 0 Å². The highest BCUT2D eigenvalue weighted by Crippen LogP contribution is 2.43. The summed E-state index contributed by atoms with van der Waals surface area (Å²) in [5, 5.41) is 20.8. The maximum atomic E-state index is 12.8. The lowest BCUT2D eigenvalue weighted by atomic mass is 9.88. The van der Waals surface area contributed by atoms with E-state index in [-0.39, 0.29) is 50.1 Å². The fraction of sp³-hybridized carbons (Fsp3) is 0.820. The third kappa shape index (κ3) is 33.9. The molecule has 1 fully saturated rings. The highest BCUT2D eigenvalue weighted by molar-refractivity contribution is 7.47. The normalized spacial score (nSPS) is 19.0. The number of hydrogen-bond acceptors (Lipinski definition) is 10. The standard InChI is InChI=1S/C50H90NO11P/c1-6-8-10-11-12-13-14-15-16-17-18-19-20-21-22-23-24-25-31-35-50(56)62-44(42-61-63(57,58)60-39-38-51(3,4)5)41-59-49(55)34-30-27-26-29-33-45-46(48(54)40-47(45)53)37-36-43(52)32-28-9-7-2/h12-13,15-16,36-37,43-47,52-53H,6-11,14,17-35,38-42H2,1-5H3/p+1/b13-12-,16-15-,37-36+/t43-,44+,45+,46+,47-/m0/s1. The van der Waals surface area contributed by atoms with Crippen molar-refractivity contribution in [2.24, 2.45) is 11.8 Å². The number of allylic oxidation sites excluding steroid dienone is 5. The Balaban J connectivity index is 2.41. The zero-order valence-corrected chi connectivity index (χ0v) is 41.2. The fourth-order valence-corrected chi connectivity index (χ4v) is 8.34. The summed E-state index contributed by atoms with van der Waals surface area (Å²) >= 11 is 0. The van der Waals surface area contributed by atoms with Crippen LogP contribution in [-0.2, 0) is 37.5 Å². The number of unbranched alkanes of at least 4 members (excludes halogenated alkanes) is 17. The second-order valence-corrected chi connectivity index (χ2v) is 20.1. The lowest BCUT2D eigenvalue weighted by Crippen LogP contribution is -2.37. The molecule has 1 unspecified atom stereocenters. The molecule has 0 radical (unpaired) electrons. The van der Waals surface area contributed by atoms with Crippen LogP contribution in [0.1, 0.15) is 187 Å². The van der Waals surface area contributed by atoms with Crippen molar-refractivity contribution < 1.29 is 57.1 Å². The van der Waals surface area contributed by atoms with Crippen molar-refractivity contribution in [3.8, 4) is 0 Å². The summed E-state index contributed by atoms with van der Waals surface area (Å²) in [7, 11) is 1.34. The Labute approximate surface area is 382 Å². The van der Waals surface area contributed by atoms with Gasteiger partial charge in [0.1, 0.15) is 25.5 Å². The van der Waals surface area contributed by atoms with Gasteiger partial charge in [0.25, 0.3) is 0 Å². The van der Waals surface area contributed by atoms with Gasteiger partial charge >= 0.3 is 19.8 Å². The van der Waals surface area contributed by atoms with Crippen LogP contribution in [0.5, 0.6) is 0 Å². The summed E-state index contributed by atoms with van der Waals surface area (Å²) in [5.74, 6) is -1.52. The monoisotopic (exact) mass is 913 g/mol. The molecule has 6 atom stereocenters. The molecule has 3 N–H and O–H groups in total. The number of aliphatic hydroxyl groups is 2. The van der Waals surface area contributed by atoms with E-state index in [4.69, 9.17) is 18.5 Å². The maximum Gasteiger partial charge on any atom is 0.472 e. The van der Waals surface area contributed by atoms with E-state index in [9.17, 15) is 34.1 Å². The number of phosphoric acid groups is 1. The van der Waals surface area contributed by atoms with Crippen LogP contribution in [0.3, 0.4) is 0 Å². The Morgan fingerprint density at radius 2 is 1.30 bits per heavy atom. The Morgan fingerprint density at radius 3 is 1.92 bits per heavy atom. The number of carbonyl (C=O) groups excluding carboxylic acids is 3. The predicted octanol–water partition coefficient (Wildman–Crippen LogP) is 11.1. The number of Topliss-reactive ketones (excluding diaryl/α,β-unsaturated/α-hetero) is 1. The number of hydrogen-bond donors (Lipinski definition) is 3. The smallest absolute Gasteiger partial charge is 0.462 e. The highest BCUT2D eigenvalue weighted by Gasteiger charge is 2.39. The molecule has 0 aliphatic heterocycles. The topological polar surface area (TPSA) is 166 Å². The van der Waals surface area contributed by atoms with E-state index in [2.05, 4.69) is 38.2 Å². The van der Waals surface area contributed by atoms with E-state index in [1.807, 2.05) is 21.1 Å². The number of aliphatic hydroxyl groups excluding tert-OH is 2. The predicted molar refractivity (Wildman–Crippen MR) is 253 cm³/mol. The first-order valence-corrected chi connectivity index (χ1v) is 26.3. The van der Waals surface area contributed by atoms with Crippen LogP contribution < -0.4 is 0 Å². The molecule has 0 aromatic carbocycles.